The Kier molecular flexibility index (Phi) is 5.31. The summed E-state index contributed by atoms with van der Waals surface area (Å²) >= 11 is 0. The van der Waals surface area contributed by atoms with Gasteiger partial charge in [0.15, 0.2) is 11.5 Å². The third-order valence-corrected chi connectivity index (χ3v) is 3.34. The molecule has 1 aliphatic heterocycles. The molecule has 0 aliphatic carbocycles. The standard InChI is InChI=1S/C16H24N2O3/c1-11(2)6-7-17-16(19)12(3)18-13-4-5-14-15(10-13)21-9-8-20-14/h4-5,10-12,18H,6-9H2,1-3H3,(H,17,19). The van der Waals surface area contributed by atoms with Crippen molar-refractivity contribution in [1.82, 2.24) is 5.32 Å². The van der Waals surface area contributed by atoms with Gasteiger partial charge in [0.1, 0.15) is 19.3 Å². The zero-order valence-corrected chi connectivity index (χ0v) is 12.9. The lowest BCUT2D eigenvalue weighted by atomic mass is 10.1. The molecular weight excluding hydrogens is 268 g/mol. The minimum atomic E-state index is -0.292. The number of carbonyl (C=O) groups excluding carboxylic acids is 1. The molecule has 0 saturated heterocycles. The molecule has 0 radical (unpaired) electrons. The van der Waals surface area contributed by atoms with Crippen LogP contribution in [0.4, 0.5) is 5.69 Å². The minimum Gasteiger partial charge on any atom is -0.486 e. The summed E-state index contributed by atoms with van der Waals surface area (Å²) in [6.07, 6.45) is 0.989. The molecule has 2 N–H and O–H groups in total. The second-order valence-corrected chi connectivity index (χ2v) is 5.70. The average molecular weight is 292 g/mol. The number of ether oxygens (including phenoxy) is 2. The first-order chi connectivity index (χ1) is 10.1. The van der Waals surface area contributed by atoms with Crippen molar-refractivity contribution < 1.29 is 14.3 Å². The van der Waals surface area contributed by atoms with Crippen LogP contribution < -0.4 is 20.1 Å². The molecule has 0 saturated carbocycles. The zero-order valence-electron chi connectivity index (χ0n) is 12.9. The number of nitrogens with one attached hydrogen (secondary N) is 2. The smallest absolute Gasteiger partial charge is 0.242 e. The van der Waals surface area contributed by atoms with Crippen LogP contribution in [0.5, 0.6) is 11.5 Å². The van der Waals surface area contributed by atoms with E-state index in [-0.39, 0.29) is 11.9 Å². The molecule has 1 aromatic carbocycles. The van der Waals surface area contributed by atoms with Crippen molar-refractivity contribution in [3.63, 3.8) is 0 Å². The minimum absolute atomic E-state index is 0.00513. The number of benzene rings is 1. The van der Waals surface area contributed by atoms with E-state index in [1.54, 1.807) is 0 Å². The fraction of sp³-hybridized carbons (Fsp3) is 0.562. The van der Waals surface area contributed by atoms with E-state index >= 15 is 0 Å². The van der Waals surface area contributed by atoms with Crippen LogP contribution in [0, 0.1) is 5.92 Å². The predicted octanol–water partition coefficient (Wildman–Crippen LogP) is 2.42. The topological polar surface area (TPSA) is 59.6 Å². The molecule has 0 aromatic heterocycles. The van der Waals surface area contributed by atoms with E-state index in [9.17, 15) is 4.79 Å². The Labute approximate surface area is 126 Å². The van der Waals surface area contributed by atoms with Gasteiger partial charge in [-0.15, -0.1) is 0 Å². The maximum absolute atomic E-state index is 12.0. The molecule has 5 nitrogen and oxygen atoms in total. The predicted molar refractivity (Wildman–Crippen MR) is 83.0 cm³/mol. The van der Waals surface area contributed by atoms with Crippen molar-refractivity contribution in [2.75, 3.05) is 25.1 Å². The Morgan fingerprint density at radius 2 is 1.90 bits per heavy atom. The van der Waals surface area contributed by atoms with Crippen molar-refractivity contribution >= 4 is 11.6 Å². The fourth-order valence-electron chi connectivity index (χ4n) is 2.09. The summed E-state index contributed by atoms with van der Waals surface area (Å²) in [6, 6.07) is 5.33. The number of hydrogen-bond donors (Lipinski definition) is 2. The Hall–Kier alpha value is -1.91. The molecule has 1 atom stereocenters. The van der Waals surface area contributed by atoms with Crippen LogP contribution in [-0.4, -0.2) is 31.7 Å². The summed E-state index contributed by atoms with van der Waals surface area (Å²) < 4.78 is 11.0. The maximum atomic E-state index is 12.0. The number of hydrogen-bond acceptors (Lipinski definition) is 4. The Morgan fingerprint density at radius 1 is 1.19 bits per heavy atom. The number of carbonyl (C=O) groups is 1. The van der Waals surface area contributed by atoms with Crippen molar-refractivity contribution in [3.8, 4) is 11.5 Å². The third-order valence-electron chi connectivity index (χ3n) is 3.34. The first kappa shape index (κ1) is 15.5. The molecule has 0 bridgehead atoms. The van der Waals surface area contributed by atoms with E-state index in [1.165, 1.54) is 0 Å². The van der Waals surface area contributed by atoms with Crippen LogP contribution in [0.2, 0.25) is 0 Å². The van der Waals surface area contributed by atoms with E-state index in [4.69, 9.17) is 9.47 Å². The van der Waals surface area contributed by atoms with Gasteiger partial charge in [0.25, 0.3) is 0 Å². The van der Waals surface area contributed by atoms with Crippen molar-refractivity contribution in [3.05, 3.63) is 18.2 Å². The highest BCUT2D eigenvalue weighted by atomic mass is 16.6. The SMILES string of the molecule is CC(C)CCNC(=O)C(C)Nc1ccc2c(c1)OCCO2. The molecule has 21 heavy (non-hydrogen) atoms. The molecule has 116 valence electrons. The van der Waals surface area contributed by atoms with Crippen LogP contribution in [0.3, 0.4) is 0 Å². The van der Waals surface area contributed by atoms with E-state index in [1.807, 2.05) is 25.1 Å². The average Bonchev–Trinajstić information content (AvgIpc) is 2.46. The molecule has 0 spiro atoms. The van der Waals surface area contributed by atoms with Gasteiger partial charge in [-0.1, -0.05) is 13.8 Å². The van der Waals surface area contributed by atoms with Crippen LogP contribution in [-0.2, 0) is 4.79 Å². The second kappa shape index (κ2) is 7.20. The monoisotopic (exact) mass is 292 g/mol. The molecule has 1 amide bonds. The number of anilines is 1. The van der Waals surface area contributed by atoms with E-state index < -0.39 is 0 Å². The van der Waals surface area contributed by atoms with Gasteiger partial charge in [-0.05, 0) is 31.4 Å². The molecule has 1 heterocycles. The van der Waals surface area contributed by atoms with Crippen molar-refractivity contribution in [1.29, 1.82) is 0 Å². The van der Waals surface area contributed by atoms with Gasteiger partial charge in [0.05, 0.1) is 0 Å². The van der Waals surface area contributed by atoms with Gasteiger partial charge in [0.2, 0.25) is 5.91 Å². The molecule has 1 aromatic rings. The second-order valence-electron chi connectivity index (χ2n) is 5.70. The molecule has 1 unspecified atom stereocenters. The van der Waals surface area contributed by atoms with Gasteiger partial charge < -0.3 is 20.1 Å². The Bertz CT molecular complexity index is 488. The van der Waals surface area contributed by atoms with E-state index in [0.29, 0.717) is 25.7 Å². The van der Waals surface area contributed by atoms with Crippen LogP contribution in [0.25, 0.3) is 0 Å². The van der Waals surface area contributed by atoms with Gasteiger partial charge in [-0.3, -0.25) is 4.79 Å². The van der Waals surface area contributed by atoms with Gasteiger partial charge in [-0.25, -0.2) is 0 Å². The largest absolute Gasteiger partial charge is 0.486 e. The molecule has 0 fully saturated rings. The van der Waals surface area contributed by atoms with Crippen LogP contribution >= 0.6 is 0 Å². The van der Waals surface area contributed by atoms with E-state index in [2.05, 4.69) is 24.5 Å². The Balaban J connectivity index is 1.87. The lowest BCUT2D eigenvalue weighted by Gasteiger charge is -2.20. The fourth-order valence-corrected chi connectivity index (χ4v) is 2.09. The lowest BCUT2D eigenvalue weighted by Crippen LogP contribution is -2.38. The van der Waals surface area contributed by atoms with Crippen LogP contribution in [0.1, 0.15) is 27.2 Å². The third kappa shape index (κ3) is 4.55. The summed E-state index contributed by atoms with van der Waals surface area (Å²) in [7, 11) is 0. The quantitative estimate of drug-likeness (QED) is 0.845. The van der Waals surface area contributed by atoms with Gasteiger partial charge in [-0.2, -0.15) is 0 Å². The summed E-state index contributed by atoms with van der Waals surface area (Å²) in [4.78, 5) is 12.0. The van der Waals surface area contributed by atoms with Gasteiger partial charge in [0, 0.05) is 18.3 Å². The van der Waals surface area contributed by atoms with Gasteiger partial charge >= 0.3 is 0 Å². The normalized spacial score (nSPS) is 14.7. The van der Waals surface area contributed by atoms with Crippen molar-refractivity contribution in [2.45, 2.75) is 33.2 Å². The van der Waals surface area contributed by atoms with E-state index in [0.717, 1.165) is 23.6 Å². The highest BCUT2D eigenvalue weighted by Crippen LogP contribution is 2.32. The van der Waals surface area contributed by atoms with Crippen LogP contribution in [0.15, 0.2) is 18.2 Å². The number of fused-ring (bicyclic) bond motifs is 1. The highest BCUT2D eigenvalue weighted by Gasteiger charge is 2.15. The molecule has 1 aliphatic rings. The number of amides is 1. The summed E-state index contributed by atoms with van der Waals surface area (Å²) in [5.41, 5.74) is 0.853. The first-order valence-electron chi connectivity index (χ1n) is 7.50. The summed E-state index contributed by atoms with van der Waals surface area (Å²) in [5.74, 6) is 2.07. The number of rotatable bonds is 6. The summed E-state index contributed by atoms with van der Waals surface area (Å²) in [5, 5.41) is 6.12. The highest BCUT2D eigenvalue weighted by molar-refractivity contribution is 5.84. The molecular formula is C16H24N2O3. The zero-order chi connectivity index (χ0) is 15.2. The Morgan fingerprint density at radius 3 is 2.62 bits per heavy atom. The maximum Gasteiger partial charge on any atom is 0.242 e. The lowest BCUT2D eigenvalue weighted by molar-refractivity contribution is -0.121. The molecule has 5 heteroatoms. The van der Waals surface area contributed by atoms with Crippen molar-refractivity contribution in [2.24, 2.45) is 5.92 Å². The molecule has 2 rings (SSSR count). The first-order valence-corrected chi connectivity index (χ1v) is 7.50. The summed E-state index contributed by atoms with van der Waals surface area (Å²) in [6.45, 7) is 7.98.